The van der Waals surface area contributed by atoms with E-state index in [0.717, 1.165) is 8.66 Å². The molecule has 1 heterocycles. The maximum Gasteiger partial charge on any atom is 0.263 e. The second-order valence-corrected chi connectivity index (χ2v) is 7.10. The molecule has 1 aromatic heterocycles. The first-order valence-corrected chi connectivity index (χ1v) is 6.68. The highest BCUT2D eigenvalue weighted by Crippen LogP contribution is 2.23. The Morgan fingerprint density at radius 3 is 2.71 bits per heavy atom. The fourth-order valence-corrected chi connectivity index (χ4v) is 2.89. The van der Waals surface area contributed by atoms with Crippen LogP contribution in [0.1, 0.15) is 16.6 Å². The summed E-state index contributed by atoms with van der Waals surface area (Å²) in [7, 11) is 1.81. The summed E-state index contributed by atoms with van der Waals surface area (Å²) in [4.78, 5) is 14.6. The van der Waals surface area contributed by atoms with E-state index in [0.29, 0.717) is 11.4 Å². The minimum atomic E-state index is 0.0759. The van der Waals surface area contributed by atoms with Gasteiger partial charge in [0.2, 0.25) is 0 Å². The molecule has 2 nitrogen and oxygen atoms in total. The lowest BCUT2D eigenvalue weighted by atomic mass is 10.4. The smallest absolute Gasteiger partial charge is 0.263 e. The topological polar surface area (TPSA) is 20.3 Å². The standard InChI is InChI=1S/C9H11Br2NOS/c1-6(10)5-12(2)9(13)7-3-4-8(11)14-7/h3-4,6H,5H2,1-2H3. The van der Waals surface area contributed by atoms with Gasteiger partial charge >= 0.3 is 0 Å². The summed E-state index contributed by atoms with van der Waals surface area (Å²) in [5, 5.41) is 0. The molecule has 0 aromatic carbocycles. The molecule has 14 heavy (non-hydrogen) atoms. The van der Waals surface area contributed by atoms with Gasteiger partial charge in [0, 0.05) is 18.4 Å². The van der Waals surface area contributed by atoms with Gasteiger partial charge in [-0.2, -0.15) is 0 Å². The van der Waals surface area contributed by atoms with Crippen LogP contribution in [0.25, 0.3) is 0 Å². The number of hydrogen-bond donors (Lipinski definition) is 0. The van der Waals surface area contributed by atoms with Crippen LogP contribution in [-0.4, -0.2) is 29.2 Å². The summed E-state index contributed by atoms with van der Waals surface area (Å²) < 4.78 is 0.987. The van der Waals surface area contributed by atoms with Gasteiger partial charge in [0.15, 0.2) is 0 Å². The Balaban J connectivity index is 2.65. The van der Waals surface area contributed by atoms with E-state index in [4.69, 9.17) is 0 Å². The molecule has 0 saturated carbocycles. The number of carbonyl (C=O) groups excluding carboxylic acids is 1. The summed E-state index contributed by atoms with van der Waals surface area (Å²) in [5.41, 5.74) is 0. The monoisotopic (exact) mass is 339 g/mol. The molecule has 1 aromatic rings. The average Bonchev–Trinajstić information content (AvgIpc) is 2.49. The van der Waals surface area contributed by atoms with Crippen LogP contribution in [-0.2, 0) is 0 Å². The van der Waals surface area contributed by atoms with Gasteiger partial charge in [-0.05, 0) is 28.1 Å². The largest absolute Gasteiger partial charge is 0.340 e. The van der Waals surface area contributed by atoms with Gasteiger partial charge in [0.1, 0.15) is 0 Å². The van der Waals surface area contributed by atoms with Crippen molar-refractivity contribution in [2.45, 2.75) is 11.8 Å². The van der Waals surface area contributed by atoms with Gasteiger partial charge in [-0.25, -0.2) is 0 Å². The van der Waals surface area contributed by atoms with Crippen LogP contribution >= 0.6 is 43.2 Å². The summed E-state index contributed by atoms with van der Waals surface area (Å²) in [6, 6.07) is 3.73. The van der Waals surface area contributed by atoms with E-state index in [1.165, 1.54) is 11.3 Å². The van der Waals surface area contributed by atoms with Crippen LogP contribution in [0.2, 0.25) is 0 Å². The lowest BCUT2D eigenvalue weighted by molar-refractivity contribution is 0.0802. The number of rotatable bonds is 3. The van der Waals surface area contributed by atoms with E-state index in [2.05, 4.69) is 31.9 Å². The SMILES string of the molecule is CC(Br)CN(C)C(=O)c1ccc(Br)s1. The number of carbonyl (C=O) groups is 1. The zero-order chi connectivity index (χ0) is 10.7. The number of amides is 1. The quantitative estimate of drug-likeness (QED) is 0.772. The van der Waals surface area contributed by atoms with Crippen molar-refractivity contribution in [1.82, 2.24) is 4.90 Å². The van der Waals surface area contributed by atoms with Gasteiger partial charge in [-0.1, -0.05) is 22.9 Å². The second-order valence-electron chi connectivity index (χ2n) is 3.07. The Bertz CT molecular complexity index is 324. The van der Waals surface area contributed by atoms with Gasteiger partial charge in [-0.3, -0.25) is 4.79 Å². The molecule has 1 unspecified atom stereocenters. The van der Waals surface area contributed by atoms with Crippen molar-refractivity contribution in [1.29, 1.82) is 0 Å². The molecule has 0 fully saturated rings. The normalized spacial score (nSPS) is 12.6. The minimum absolute atomic E-state index is 0.0759. The summed E-state index contributed by atoms with van der Waals surface area (Å²) in [6.45, 7) is 2.74. The average molecular weight is 341 g/mol. The second kappa shape index (κ2) is 5.28. The van der Waals surface area contributed by atoms with Crippen molar-refractivity contribution in [3.63, 3.8) is 0 Å². The zero-order valence-corrected chi connectivity index (χ0v) is 11.9. The zero-order valence-electron chi connectivity index (χ0n) is 7.96. The highest BCUT2D eigenvalue weighted by Gasteiger charge is 2.14. The lowest BCUT2D eigenvalue weighted by Gasteiger charge is -2.17. The number of alkyl halides is 1. The predicted molar refractivity (Wildman–Crippen MR) is 67.4 cm³/mol. The van der Waals surface area contributed by atoms with Crippen molar-refractivity contribution < 1.29 is 4.79 Å². The van der Waals surface area contributed by atoms with Crippen LogP contribution < -0.4 is 0 Å². The first-order valence-electron chi connectivity index (χ1n) is 4.15. The molecule has 0 saturated heterocycles. The molecule has 78 valence electrons. The summed E-state index contributed by atoms with van der Waals surface area (Å²) in [6.07, 6.45) is 0. The van der Waals surface area contributed by atoms with Crippen molar-refractivity contribution >= 4 is 49.1 Å². The first kappa shape index (κ1) is 12.2. The Morgan fingerprint density at radius 1 is 1.64 bits per heavy atom. The van der Waals surface area contributed by atoms with Gasteiger partial charge in [0.05, 0.1) is 8.66 Å². The Morgan fingerprint density at radius 2 is 2.29 bits per heavy atom. The van der Waals surface area contributed by atoms with Crippen LogP contribution in [0, 0.1) is 0 Å². The molecule has 1 amide bonds. The molecule has 0 N–H and O–H groups in total. The number of nitrogens with zero attached hydrogens (tertiary/aromatic N) is 1. The van der Waals surface area contributed by atoms with E-state index < -0.39 is 0 Å². The number of hydrogen-bond acceptors (Lipinski definition) is 2. The van der Waals surface area contributed by atoms with Crippen LogP contribution in [0.15, 0.2) is 15.9 Å². The van der Waals surface area contributed by atoms with E-state index in [-0.39, 0.29) is 5.91 Å². The first-order chi connectivity index (χ1) is 6.50. The summed E-state index contributed by atoms with van der Waals surface area (Å²) in [5.74, 6) is 0.0759. The third-order valence-electron chi connectivity index (χ3n) is 1.66. The Labute approximate surface area is 105 Å². The van der Waals surface area contributed by atoms with Gasteiger partial charge < -0.3 is 4.90 Å². The molecule has 1 rings (SSSR count). The van der Waals surface area contributed by atoms with Crippen molar-refractivity contribution in [2.24, 2.45) is 0 Å². The van der Waals surface area contributed by atoms with E-state index in [1.807, 2.05) is 26.1 Å². The van der Waals surface area contributed by atoms with Crippen molar-refractivity contribution in [3.05, 3.63) is 20.8 Å². The van der Waals surface area contributed by atoms with Gasteiger partial charge in [-0.15, -0.1) is 11.3 Å². The molecular weight excluding hydrogens is 330 g/mol. The Kier molecular flexibility index (Phi) is 4.60. The van der Waals surface area contributed by atoms with Gasteiger partial charge in [0.25, 0.3) is 5.91 Å². The molecule has 0 aliphatic carbocycles. The fraction of sp³-hybridized carbons (Fsp3) is 0.444. The number of thiophene rings is 1. The molecule has 0 aliphatic heterocycles. The van der Waals surface area contributed by atoms with E-state index in [1.54, 1.807) is 4.90 Å². The fourth-order valence-electron chi connectivity index (χ4n) is 1.08. The van der Waals surface area contributed by atoms with Crippen LogP contribution in [0.5, 0.6) is 0 Å². The highest BCUT2D eigenvalue weighted by molar-refractivity contribution is 9.11. The van der Waals surface area contributed by atoms with Crippen LogP contribution in [0.4, 0.5) is 0 Å². The predicted octanol–water partition coefficient (Wildman–Crippen LogP) is 3.37. The summed E-state index contributed by atoms with van der Waals surface area (Å²) >= 11 is 8.22. The minimum Gasteiger partial charge on any atom is -0.340 e. The Hall–Kier alpha value is 0.130. The molecule has 5 heteroatoms. The molecule has 0 radical (unpaired) electrons. The highest BCUT2D eigenvalue weighted by atomic mass is 79.9. The maximum atomic E-state index is 11.8. The number of halogens is 2. The third kappa shape index (κ3) is 3.37. The third-order valence-corrected chi connectivity index (χ3v) is 3.56. The van der Waals surface area contributed by atoms with Crippen LogP contribution in [0.3, 0.4) is 0 Å². The maximum absolute atomic E-state index is 11.8. The van der Waals surface area contributed by atoms with Crippen molar-refractivity contribution in [2.75, 3.05) is 13.6 Å². The molecule has 1 atom stereocenters. The molecule has 0 aliphatic rings. The lowest BCUT2D eigenvalue weighted by Crippen LogP contribution is -2.30. The molecule has 0 bridgehead atoms. The molecular formula is C9H11Br2NOS. The molecule has 0 spiro atoms. The van der Waals surface area contributed by atoms with E-state index in [9.17, 15) is 4.79 Å². The van der Waals surface area contributed by atoms with E-state index >= 15 is 0 Å². The van der Waals surface area contributed by atoms with Crippen molar-refractivity contribution in [3.8, 4) is 0 Å².